The number of carboxylic acids is 1. The second-order valence-electron chi connectivity index (χ2n) is 9.39. The van der Waals surface area contributed by atoms with Crippen LogP contribution in [0.15, 0.2) is 21.8 Å². The number of aliphatic carboxylic acids is 1. The fraction of sp³-hybridized carbons (Fsp3) is 0.524. The lowest BCUT2D eigenvalue weighted by molar-refractivity contribution is -0.179. The van der Waals surface area contributed by atoms with Crippen molar-refractivity contribution in [2.24, 2.45) is 5.16 Å². The highest BCUT2D eigenvalue weighted by Gasteiger charge is 2.54. The summed E-state index contributed by atoms with van der Waals surface area (Å²) in [7, 11) is 0. The first-order valence-corrected chi connectivity index (χ1v) is 12.6. The van der Waals surface area contributed by atoms with Gasteiger partial charge in [0.05, 0.1) is 6.61 Å². The number of aliphatic hydroxyl groups excluding tert-OH is 1. The number of nitrogens with one attached hydrogen (secondary N) is 1. The molecular weight excluding hydrogens is 514 g/mol. The number of carboxylic acid groups (broad SMARTS) is 1. The van der Waals surface area contributed by atoms with Gasteiger partial charge in [-0.3, -0.25) is 14.5 Å². The van der Waals surface area contributed by atoms with Crippen molar-refractivity contribution in [3.05, 3.63) is 22.3 Å². The predicted molar refractivity (Wildman–Crippen MR) is 131 cm³/mol. The minimum atomic E-state index is -1.56. The van der Waals surface area contributed by atoms with Crippen LogP contribution in [-0.2, 0) is 28.8 Å². The van der Waals surface area contributed by atoms with Crippen molar-refractivity contribution in [3.63, 3.8) is 0 Å². The summed E-state index contributed by atoms with van der Waals surface area (Å²) in [6.07, 6.45) is 0. The molecule has 0 radical (unpaired) electrons. The normalized spacial score (nSPS) is 20.4. The van der Waals surface area contributed by atoms with Gasteiger partial charge in [0, 0.05) is 11.1 Å². The largest absolute Gasteiger partial charge is 0.477 e. The Labute approximate surface area is 214 Å². The van der Waals surface area contributed by atoms with Crippen molar-refractivity contribution in [1.29, 1.82) is 0 Å². The third kappa shape index (κ3) is 5.63. The van der Waals surface area contributed by atoms with Gasteiger partial charge in [0.1, 0.15) is 28.4 Å². The summed E-state index contributed by atoms with van der Waals surface area (Å²) in [5.41, 5.74) is 2.99. The number of fused-ring (bicyclic) bond motifs is 1. The van der Waals surface area contributed by atoms with Crippen LogP contribution in [0.1, 0.15) is 40.3 Å². The second kappa shape index (κ2) is 10.1. The van der Waals surface area contributed by atoms with Crippen LogP contribution in [0.25, 0.3) is 0 Å². The highest BCUT2D eigenvalue weighted by molar-refractivity contribution is 8.00. The van der Waals surface area contributed by atoms with Crippen LogP contribution < -0.4 is 11.1 Å². The molecular formula is C21H27N5O8S2. The molecule has 13 nitrogen and oxygen atoms in total. The van der Waals surface area contributed by atoms with Gasteiger partial charge in [-0.1, -0.05) is 5.16 Å². The number of thioether (sulfide) groups is 1. The van der Waals surface area contributed by atoms with Gasteiger partial charge >= 0.3 is 11.9 Å². The number of nitrogens with zero attached hydrogens (tertiary/aromatic N) is 3. The molecule has 15 heteroatoms. The lowest BCUT2D eigenvalue weighted by Gasteiger charge is -2.49. The first-order valence-electron chi connectivity index (χ1n) is 10.7. The molecule has 2 atom stereocenters. The van der Waals surface area contributed by atoms with Crippen LogP contribution in [-0.4, -0.2) is 84.5 Å². The molecule has 196 valence electrons. The predicted octanol–water partition coefficient (Wildman–Crippen LogP) is 0.297. The second-order valence-corrected chi connectivity index (χ2v) is 11.4. The number of thiazole rings is 1. The van der Waals surface area contributed by atoms with E-state index in [2.05, 4.69) is 15.5 Å². The van der Waals surface area contributed by atoms with Gasteiger partial charge in [0.15, 0.2) is 10.8 Å². The third-order valence-electron chi connectivity index (χ3n) is 4.96. The number of rotatable bonds is 8. The lowest BCUT2D eigenvalue weighted by Crippen LogP contribution is -2.71. The molecule has 1 fully saturated rings. The van der Waals surface area contributed by atoms with Crippen LogP contribution in [0.3, 0.4) is 0 Å². The smallest absolute Gasteiger partial charge is 0.353 e. The number of nitrogens with two attached hydrogens (primary N) is 1. The number of aromatic nitrogens is 1. The topological polar surface area (TPSA) is 194 Å². The number of amides is 2. The maximum Gasteiger partial charge on any atom is 0.353 e. The molecule has 5 N–H and O–H groups in total. The Morgan fingerprint density at radius 2 is 1.97 bits per heavy atom. The Balaban J connectivity index is 1.82. The first kappa shape index (κ1) is 27.4. The van der Waals surface area contributed by atoms with E-state index in [-0.39, 0.29) is 33.6 Å². The van der Waals surface area contributed by atoms with Crippen molar-refractivity contribution in [2.45, 2.75) is 57.2 Å². The van der Waals surface area contributed by atoms with E-state index in [1.165, 1.54) is 31.0 Å². The highest BCUT2D eigenvalue weighted by Crippen LogP contribution is 2.40. The molecule has 36 heavy (non-hydrogen) atoms. The molecule has 0 spiro atoms. The summed E-state index contributed by atoms with van der Waals surface area (Å²) >= 11 is 2.25. The molecule has 0 aliphatic carbocycles. The first-order chi connectivity index (χ1) is 16.7. The van der Waals surface area contributed by atoms with Crippen LogP contribution in [0.4, 0.5) is 5.13 Å². The molecule has 2 aliphatic rings. The number of nitrogen functional groups attached to an aromatic ring is 1. The Morgan fingerprint density at radius 3 is 2.50 bits per heavy atom. The number of aliphatic hydroxyl groups is 1. The molecule has 1 saturated heterocycles. The number of hydrogen-bond donors (Lipinski definition) is 4. The maximum atomic E-state index is 13.2. The van der Waals surface area contributed by atoms with Crippen molar-refractivity contribution in [1.82, 2.24) is 15.2 Å². The molecule has 1 aromatic rings. The van der Waals surface area contributed by atoms with Crippen LogP contribution in [0, 0.1) is 0 Å². The van der Waals surface area contributed by atoms with E-state index in [1.807, 2.05) is 0 Å². The van der Waals surface area contributed by atoms with E-state index in [1.54, 1.807) is 20.8 Å². The molecule has 0 saturated carbocycles. The SMILES string of the molecule is CC(C)(C)OC(=O)C(C)(C)O/N=C(\C(=O)N[C@@H]1C(=O)N2C(C(=O)O)=C(CO)CS[C@H]12)c1csc(N)n1. The molecule has 2 aliphatic heterocycles. The lowest BCUT2D eigenvalue weighted by atomic mass is 10.0. The number of carbonyl (C=O) groups is 4. The standard InChI is InChI=1S/C21H27N5O8S2/c1-20(2,3)33-18(32)21(4,5)34-25-11(10-8-36-19(22)23-10)14(28)24-12-15(29)26-13(17(30)31)9(6-27)7-35-16(12)26/h8,12,16,27H,6-7H2,1-5H3,(H2,22,23)(H,24,28)(H,30,31)/b25-11-/t12-,16-/m1/s1. The molecule has 3 rings (SSSR count). The summed E-state index contributed by atoms with van der Waals surface area (Å²) < 4.78 is 5.33. The van der Waals surface area contributed by atoms with E-state index in [9.17, 15) is 29.4 Å². The number of ether oxygens (including phenoxy) is 1. The average Bonchev–Trinajstić information content (AvgIpc) is 3.20. The third-order valence-corrected chi connectivity index (χ3v) is 6.98. The summed E-state index contributed by atoms with van der Waals surface area (Å²) in [6, 6.07) is -1.06. The van der Waals surface area contributed by atoms with Gasteiger partial charge in [0.25, 0.3) is 11.8 Å². The van der Waals surface area contributed by atoms with E-state index < -0.39 is 53.0 Å². The zero-order valence-electron chi connectivity index (χ0n) is 20.2. The van der Waals surface area contributed by atoms with E-state index in [0.717, 1.165) is 16.2 Å². The Kier molecular flexibility index (Phi) is 7.66. The van der Waals surface area contributed by atoms with Crippen LogP contribution >= 0.6 is 23.1 Å². The fourth-order valence-corrected chi connectivity index (χ4v) is 5.10. The van der Waals surface area contributed by atoms with E-state index >= 15 is 0 Å². The van der Waals surface area contributed by atoms with Gasteiger partial charge in [-0.2, -0.15) is 0 Å². The molecule has 1 aromatic heterocycles. The van der Waals surface area contributed by atoms with Gasteiger partial charge in [-0.15, -0.1) is 23.1 Å². The van der Waals surface area contributed by atoms with E-state index in [4.69, 9.17) is 15.3 Å². The number of anilines is 1. The molecule has 0 bridgehead atoms. The minimum Gasteiger partial charge on any atom is -0.477 e. The van der Waals surface area contributed by atoms with Gasteiger partial charge in [-0.05, 0) is 40.2 Å². The van der Waals surface area contributed by atoms with Crippen molar-refractivity contribution in [3.8, 4) is 0 Å². The van der Waals surface area contributed by atoms with Gasteiger partial charge in [-0.25, -0.2) is 14.6 Å². The zero-order chi connectivity index (χ0) is 27.0. The average molecular weight is 542 g/mol. The van der Waals surface area contributed by atoms with Crippen LogP contribution in [0.5, 0.6) is 0 Å². The summed E-state index contributed by atoms with van der Waals surface area (Å²) in [5.74, 6) is -3.38. The maximum absolute atomic E-state index is 13.2. The molecule has 3 heterocycles. The Morgan fingerprint density at radius 1 is 1.31 bits per heavy atom. The number of oxime groups is 1. The number of β-lactam (4-membered cyclic amide) rings is 1. The fourth-order valence-electron chi connectivity index (χ4n) is 3.21. The molecule has 0 unspecified atom stereocenters. The minimum absolute atomic E-state index is 0.0589. The van der Waals surface area contributed by atoms with E-state index in [0.29, 0.717) is 0 Å². The van der Waals surface area contributed by atoms with Gasteiger partial charge < -0.3 is 30.8 Å². The highest BCUT2D eigenvalue weighted by atomic mass is 32.2. The number of esters is 1. The quantitative estimate of drug-likeness (QED) is 0.153. The van der Waals surface area contributed by atoms with Crippen LogP contribution in [0.2, 0.25) is 0 Å². The Hall–Kier alpha value is -3.17. The Bertz CT molecular complexity index is 1150. The number of hydrogen-bond acceptors (Lipinski definition) is 12. The summed E-state index contributed by atoms with van der Waals surface area (Å²) in [5, 5.41) is 26.3. The van der Waals surface area contributed by atoms with Crippen molar-refractivity contribution >= 4 is 57.7 Å². The van der Waals surface area contributed by atoms with Gasteiger partial charge in [0.2, 0.25) is 5.60 Å². The van der Waals surface area contributed by atoms with Crippen molar-refractivity contribution in [2.75, 3.05) is 18.1 Å². The monoisotopic (exact) mass is 541 g/mol. The molecule has 0 aromatic carbocycles. The molecule has 2 amide bonds. The zero-order valence-corrected chi connectivity index (χ0v) is 21.9. The number of carbonyl (C=O) groups excluding carboxylic acids is 3. The summed E-state index contributed by atoms with van der Waals surface area (Å²) in [4.78, 5) is 60.5. The summed E-state index contributed by atoms with van der Waals surface area (Å²) in [6.45, 7) is 7.41. The van der Waals surface area contributed by atoms with Crippen molar-refractivity contribution < 1.29 is 39.0 Å².